The first-order valence-corrected chi connectivity index (χ1v) is 12.1. The SMILES string of the molecule is Cl.O=C(NCCCc1ccccc1)C1CCN(S(=O)(=O)c2cccc3cnccc23)CC1. The van der Waals surface area contributed by atoms with Crippen LogP contribution in [0, 0.1) is 5.92 Å². The Bertz CT molecular complexity index is 1140. The highest BCUT2D eigenvalue weighted by atomic mass is 35.5. The summed E-state index contributed by atoms with van der Waals surface area (Å²) in [6, 6.07) is 17.2. The molecule has 3 aromatic rings. The number of aryl methyl sites for hydroxylation is 1. The van der Waals surface area contributed by atoms with Crippen molar-refractivity contribution in [1.82, 2.24) is 14.6 Å². The molecule has 6 nitrogen and oxygen atoms in total. The van der Waals surface area contributed by atoms with Gasteiger partial charge in [0, 0.05) is 48.7 Å². The molecule has 0 aliphatic carbocycles. The first-order chi connectivity index (χ1) is 15.1. The minimum absolute atomic E-state index is 0. The quantitative estimate of drug-likeness (QED) is 0.529. The van der Waals surface area contributed by atoms with E-state index in [0.29, 0.717) is 42.8 Å². The zero-order valence-corrected chi connectivity index (χ0v) is 19.4. The number of carbonyl (C=O) groups is 1. The van der Waals surface area contributed by atoms with Gasteiger partial charge < -0.3 is 5.32 Å². The van der Waals surface area contributed by atoms with Gasteiger partial charge in [0.15, 0.2) is 0 Å². The van der Waals surface area contributed by atoms with Crippen LogP contribution in [0.1, 0.15) is 24.8 Å². The van der Waals surface area contributed by atoms with E-state index in [2.05, 4.69) is 22.4 Å². The minimum Gasteiger partial charge on any atom is -0.356 e. The summed E-state index contributed by atoms with van der Waals surface area (Å²) in [5.74, 6) is -0.110. The first-order valence-electron chi connectivity index (χ1n) is 10.7. The number of rotatable bonds is 7. The van der Waals surface area contributed by atoms with Crippen LogP contribution < -0.4 is 5.32 Å². The van der Waals surface area contributed by atoms with Crippen molar-refractivity contribution in [1.29, 1.82) is 0 Å². The average molecular weight is 474 g/mol. The van der Waals surface area contributed by atoms with E-state index in [9.17, 15) is 13.2 Å². The molecule has 2 aromatic carbocycles. The molecule has 4 rings (SSSR count). The largest absolute Gasteiger partial charge is 0.356 e. The number of carbonyl (C=O) groups excluding carboxylic acids is 1. The van der Waals surface area contributed by atoms with Gasteiger partial charge in [-0.1, -0.05) is 42.5 Å². The van der Waals surface area contributed by atoms with Crippen molar-refractivity contribution in [2.24, 2.45) is 5.92 Å². The molecule has 1 fully saturated rings. The van der Waals surface area contributed by atoms with E-state index in [0.717, 1.165) is 18.2 Å². The van der Waals surface area contributed by atoms with Crippen molar-refractivity contribution in [2.75, 3.05) is 19.6 Å². The van der Waals surface area contributed by atoms with Gasteiger partial charge in [-0.2, -0.15) is 4.31 Å². The molecule has 0 saturated carbocycles. The summed E-state index contributed by atoms with van der Waals surface area (Å²) < 4.78 is 28.0. The smallest absolute Gasteiger partial charge is 0.243 e. The lowest BCUT2D eigenvalue weighted by molar-refractivity contribution is -0.126. The van der Waals surface area contributed by atoms with Gasteiger partial charge in [0.25, 0.3) is 0 Å². The molecule has 1 aliphatic rings. The molecule has 1 aromatic heterocycles. The Kier molecular flexibility index (Phi) is 8.23. The van der Waals surface area contributed by atoms with Gasteiger partial charge in [0.1, 0.15) is 0 Å². The molecule has 0 atom stereocenters. The van der Waals surface area contributed by atoms with Crippen LogP contribution in [0.4, 0.5) is 0 Å². The standard InChI is InChI=1S/C24H27N3O3S.ClH/c28-24(26-14-5-8-19-6-2-1-3-7-19)20-12-16-27(17-13-20)31(29,30)23-10-4-9-21-18-25-15-11-22(21)23;/h1-4,6-7,9-11,15,18,20H,5,8,12-14,16-17H2,(H,26,28);1H. The maximum Gasteiger partial charge on any atom is 0.243 e. The van der Waals surface area contributed by atoms with E-state index < -0.39 is 10.0 Å². The van der Waals surface area contributed by atoms with Crippen LogP contribution in [0.5, 0.6) is 0 Å². The van der Waals surface area contributed by atoms with E-state index in [1.54, 1.807) is 30.6 Å². The molecule has 0 bridgehead atoms. The number of hydrogen-bond acceptors (Lipinski definition) is 4. The number of pyridine rings is 1. The molecule has 32 heavy (non-hydrogen) atoms. The van der Waals surface area contributed by atoms with Gasteiger partial charge in [0.05, 0.1) is 4.90 Å². The Morgan fingerprint density at radius 2 is 1.78 bits per heavy atom. The third kappa shape index (κ3) is 5.46. The number of nitrogens with zero attached hydrogens (tertiary/aromatic N) is 2. The Hall–Kier alpha value is -2.48. The first kappa shape index (κ1) is 24.2. The second-order valence-corrected chi connectivity index (χ2v) is 9.82. The summed E-state index contributed by atoms with van der Waals surface area (Å²) in [5.41, 5.74) is 1.26. The topological polar surface area (TPSA) is 79.4 Å². The van der Waals surface area contributed by atoms with Crippen LogP contribution in [0.25, 0.3) is 10.8 Å². The van der Waals surface area contributed by atoms with Crippen molar-refractivity contribution < 1.29 is 13.2 Å². The third-order valence-electron chi connectivity index (χ3n) is 5.87. The van der Waals surface area contributed by atoms with Crippen LogP contribution in [0.2, 0.25) is 0 Å². The average Bonchev–Trinajstić information content (AvgIpc) is 2.82. The normalized spacial score (nSPS) is 15.2. The van der Waals surface area contributed by atoms with Crippen LogP contribution in [0.15, 0.2) is 71.9 Å². The predicted octanol–water partition coefficient (Wildman–Crippen LogP) is 3.81. The molecule has 0 spiro atoms. The fourth-order valence-corrected chi connectivity index (χ4v) is 5.79. The third-order valence-corrected chi connectivity index (χ3v) is 7.82. The molecular weight excluding hydrogens is 446 g/mol. The van der Waals surface area contributed by atoms with Gasteiger partial charge in [-0.05, 0) is 43.4 Å². The summed E-state index contributed by atoms with van der Waals surface area (Å²) in [7, 11) is -3.62. The van der Waals surface area contributed by atoms with Crippen molar-refractivity contribution in [3.8, 4) is 0 Å². The lowest BCUT2D eigenvalue weighted by Crippen LogP contribution is -2.43. The van der Waals surface area contributed by atoms with E-state index in [1.807, 2.05) is 24.3 Å². The predicted molar refractivity (Wildman–Crippen MR) is 128 cm³/mol. The maximum atomic E-state index is 13.2. The molecule has 0 unspecified atom stereocenters. The Balaban J connectivity index is 0.00000289. The molecule has 8 heteroatoms. The molecule has 1 amide bonds. The lowest BCUT2D eigenvalue weighted by atomic mass is 9.97. The number of halogens is 1. The Labute approximate surface area is 195 Å². The van der Waals surface area contributed by atoms with Gasteiger partial charge in [-0.3, -0.25) is 9.78 Å². The highest BCUT2D eigenvalue weighted by molar-refractivity contribution is 7.89. The lowest BCUT2D eigenvalue weighted by Gasteiger charge is -2.30. The van der Waals surface area contributed by atoms with Crippen LogP contribution >= 0.6 is 12.4 Å². The van der Waals surface area contributed by atoms with Crippen molar-refractivity contribution in [3.05, 3.63) is 72.6 Å². The summed E-state index contributed by atoms with van der Waals surface area (Å²) >= 11 is 0. The van der Waals surface area contributed by atoms with Gasteiger partial charge in [-0.25, -0.2) is 8.42 Å². The highest BCUT2D eigenvalue weighted by Gasteiger charge is 2.32. The zero-order chi connectivity index (χ0) is 21.7. The Morgan fingerprint density at radius 1 is 1.03 bits per heavy atom. The van der Waals surface area contributed by atoms with Gasteiger partial charge >= 0.3 is 0 Å². The van der Waals surface area contributed by atoms with Crippen LogP contribution in [-0.2, 0) is 21.2 Å². The zero-order valence-electron chi connectivity index (χ0n) is 17.8. The molecule has 0 radical (unpaired) electrons. The van der Waals surface area contributed by atoms with Crippen LogP contribution in [-0.4, -0.2) is 43.2 Å². The minimum atomic E-state index is -3.62. The molecule has 2 heterocycles. The van der Waals surface area contributed by atoms with Gasteiger partial charge in [0.2, 0.25) is 15.9 Å². The summed E-state index contributed by atoms with van der Waals surface area (Å²) in [6.07, 6.45) is 6.17. The number of sulfonamides is 1. The fraction of sp³-hybridized carbons (Fsp3) is 0.333. The van der Waals surface area contributed by atoms with Crippen molar-refractivity contribution >= 4 is 39.1 Å². The van der Waals surface area contributed by atoms with E-state index in [1.165, 1.54) is 9.87 Å². The molecule has 170 valence electrons. The highest BCUT2D eigenvalue weighted by Crippen LogP contribution is 2.28. The van der Waals surface area contributed by atoms with E-state index in [-0.39, 0.29) is 24.2 Å². The van der Waals surface area contributed by atoms with Crippen molar-refractivity contribution in [3.63, 3.8) is 0 Å². The number of hydrogen-bond donors (Lipinski definition) is 1. The fourth-order valence-electron chi connectivity index (χ4n) is 4.11. The second-order valence-electron chi connectivity index (χ2n) is 7.91. The Morgan fingerprint density at radius 3 is 2.53 bits per heavy atom. The van der Waals surface area contributed by atoms with E-state index >= 15 is 0 Å². The number of piperidine rings is 1. The van der Waals surface area contributed by atoms with Crippen LogP contribution in [0.3, 0.4) is 0 Å². The second kappa shape index (κ2) is 10.9. The summed E-state index contributed by atoms with van der Waals surface area (Å²) in [4.78, 5) is 16.9. The molecule has 1 aliphatic heterocycles. The van der Waals surface area contributed by atoms with Gasteiger partial charge in [-0.15, -0.1) is 12.4 Å². The number of benzene rings is 2. The summed E-state index contributed by atoms with van der Waals surface area (Å²) in [6.45, 7) is 1.34. The monoisotopic (exact) mass is 473 g/mol. The molecule has 1 saturated heterocycles. The molecular formula is C24H28ClN3O3S. The number of amides is 1. The molecule has 1 N–H and O–H groups in total. The number of nitrogens with one attached hydrogen (secondary N) is 1. The maximum absolute atomic E-state index is 13.2. The van der Waals surface area contributed by atoms with E-state index in [4.69, 9.17) is 0 Å². The number of aromatic nitrogens is 1. The summed E-state index contributed by atoms with van der Waals surface area (Å²) in [5, 5.41) is 4.49. The number of fused-ring (bicyclic) bond motifs is 1. The van der Waals surface area contributed by atoms with Crippen molar-refractivity contribution in [2.45, 2.75) is 30.6 Å².